The fourth-order valence-corrected chi connectivity index (χ4v) is 2.56. The van der Waals surface area contributed by atoms with Gasteiger partial charge < -0.3 is 24.3 Å². The molecule has 138 valence electrons. The Bertz CT molecular complexity index is 644. The van der Waals surface area contributed by atoms with Crippen LogP contribution in [0.4, 0.5) is 4.79 Å². The lowest BCUT2D eigenvalue weighted by Crippen LogP contribution is -2.53. The van der Waals surface area contributed by atoms with Gasteiger partial charge in [0.25, 0.3) is 5.91 Å². The Labute approximate surface area is 154 Å². The number of carbonyl (C=O) groups excluding carboxylic acids is 3. The highest BCUT2D eigenvalue weighted by Gasteiger charge is 2.27. The van der Waals surface area contributed by atoms with Crippen LogP contribution >= 0.6 is 15.9 Å². The highest BCUT2D eigenvalue weighted by atomic mass is 79.9. The number of nitrogens with zero attached hydrogens (tertiary/aromatic N) is 2. The fourth-order valence-electron chi connectivity index (χ4n) is 2.26. The van der Waals surface area contributed by atoms with Crippen molar-refractivity contribution in [2.75, 3.05) is 32.7 Å². The number of ether oxygens (including phenoxy) is 1. The van der Waals surface area contributed by atoms with E-state index in [1.165, 1.54) is 6.07 Å². The molecular weight excluding hydrogens is 394 g/mol. The molecule has 0 aromatic carbocycles. The van der Waals surface area contributed by atoms with Gasteiger partial charge in [-0.15, -0.1) is 0 Å². The molecule has 1 aromatic rings. The number of hydrogen-bond acceptors (Lipinski definition) is 5. The zero-order chi connectivity index (χ0) is 18.6. The van der Waals surface area contributed by atoms with Crippen LogP contribution in [0.5, 0.6) is 0 Å². The molecule has 0 saturated carbocycles. The van der Waals surface area contributed by atoms with Gasteiger partial charge in [-0.05, 0) is 48.8 Å². The van der Waals surface area contributed by atoms with E-state index in [0.29, 0.717) is 30.8 Å². The van der Waals surface area contributed by atoms with Crippen molar-refractivity contribution in [3.05, 3.63) is 22.6 Å². The molecule has 1 aromatic heterocycles. The van der Waals surface area contributed by atoms with Crippen molar-refractivity contribution in [1.29, 1.82) is 0 Å². The van der Waals surface area contributed by atoms with Crippen molar-refractivity contribution in [2.45, 2.75) is 26.4 Å². The Morgan fingerprint density at radius 1 is 1.16 bits per heavy atom. The van der Waals surface area contributed by atoms with Crippen molar-refractivity contribution >= 4 is 33.8 Å². The lowest BCUT2D eigenvalue weighted by molar-refractivity contribution is -0.131. The first kappa shape index (κ1) is 19.3. The summed E-state index contributed by atoms with van der Waals surface area (Å²) in [6, 6.07) is 3.12. The van der Waals surface area contributed by atoms with Crippen LogP contribution in [0.25, 0.3) is 0 Å². The van der Waals surface area contributed by atoms with Crippen LogP contribution in [-0.2, 0) is 9.53 Å². The van der Waals surface area contributed by atoms with Gasteiger partial charge in [0, 0.05) is 26.2 Å². The quantitative estimate of drug-likeness (QED) is 0.812. The zero-order valence-electron chi connectivity index (χ0n) is 14.5. The minimum atomic E-state index is -0.546. The molecule has 0 unspecified atom stereocenters. The summed E-state index contributed by atoms with van der Waals surface area (Å²) in [4.78, 5) is 39.2. The Morgan fingerprint density at radius 2 is 1.76 bits per heavy atom. The molecule has 0 bridgehead atoms. The number of hydrogen-bond donors (Lipinski definition) is 1. The summed E-state index contributed by atoms with van der Waals surface area (Å²) in [5.74, 6) is -0.524. The van der Waals surface area contributed by atoms with E-state index in [9.17, 15) is 14.4 Å². The van der Waals surface area contributed by atoms with E-state index >= 15 is 0 Å². The summed E-state index contributed by atoms with van der Waals surface area (Å²) in [6.07, 6.45) is -0.378. The molecule has 1 fully saturated rings. The highest BCUT2D eigenvalue weighted by Crippen LogP contribution is 2.14. The molecule has 1 N–H and O–H groups in total. The minimum absolute atomic E-state index is 0.121. The summed E-state index contributed by atoms with van der Waals surface area (Å²) in [5, 5.41) is 2.52. The average molecular weight is 416 g/mol. The predicted molar refractivity (Wildman–Crippen MR) is 93.1 cm³/mol. The van der Waals surface area contributed by atoms with E-state index in [2.05, 4.69) is 21.2 Å². The SMILES string of the molecule is CC(C)(C)OC(=O)N1CCN(C(=O)CNC(=O)c2ccc(Br)o2)CC1. The molecule has 0 radical (unpaired) electrons. The van der Waals surface area contributed by atoms with Crippen molar-refractivity contribution in [1.82, 2.24) is 15.1 Å². The molecule has 3 amide bonds. The van der Waals surface area contributed by atoms with Crippen LogP contribution in [0.2, 0.25) is 0 Å². The third kappa shape index (κ3) is 5.77. The molecule has 2 heterocycles. The Kier molecular flexibility index (Phi) is 6.10. The highest BCUT2D eigenvalue weighted by molar-refractivity contribution is 9.10. The maximum atomic E-state index is 12.2. The van der Waals surface area contributed by atoms with Crippen molar-refractivity contribution in [2.24, 2.45) is 0 Å². The second-order valence-electron chi connectivity index (χ2n) is 6.63. The van der Waals surface area contributed by atoms with Gasteiger partial charge in [0.05, 0.1) is 6.54 Å². The molecule has 1 aliphatic rings. The van der Waals surface area contributed by atoms with Gasteiger partial charge in [0.1, 0.15) is 5.60 Å². The van der Waals surface area contributed by atoms with Crippen molar-refractivity contribution < 1.29 is 23.5 Å². The number of carbonyl (C=O) groups is 3. The Hall–Kier alpha value is -2.03. The molecule has 8 nitrogen and oxygen atoms in total. The lowest BCUT2D eigenvalue weighted by atomic mass is 10.2. The topological polar surface area (TPSA) is 92.1 Å². The molecule has 25 heavy (non-hydrogen) atoms. The second kappa shape index (κ2) is 7.90. The second-order valence-corrected chi connectivity index (χ2v) is 7.42. The number of halogens is 1. The van der Waals surface area contributed by atoms with Crippen LogP contribution in [0, 0.1) is 0 Å². The smallest absolute Gasteiger partial charge is 0.410 e. The average Bonchev–Trinajstić information content (AvgIpc) is 2.97. The summed E-state index contributed by atoms with van der Waals surface area (Å²) in [5.41, 5.74) is -0.546. The normalized spacial score (nSPS) is 15.0. The number of piperazine rings is 1. The number of amides is 3. The summed E-state index contributed by atoms with van der Waals surface area (Å²) in [7, 11) is 0. The van der Waals surface area contributed by atoms with Gasteiger partial charge in [-0.3, -0.25) is 9.59 Å². The van der Waals surface area contributed by atoms with Crippen molar-refractivity contribution in [3.8, 4) is 0 Å². The van der Waals surface area contributed by atoms with Gasteiger partial charge in [-0.25, -0.2) is 4.79 Å². The predicted octanol–water partition coefficient (Wildman–Crippen LogP) is 1.85. The molecular formula is C16H22BrN3O5. The lowest BCUT2D eigenvalue weighted by Gasteiger charge is -2.35. The Balaban J connectivity index is 1.75. The van der Waals surface area contributed by atoms with Gasteiger partial charge in [0.15, 0.2) is 10.4 Å². The van der Waals surface area contributed by atoms with Crippen LogP contribution in [0.1, 0.15) is 31.3 Å². The summed E-state index contributed by atoms with van der Waals surface area (Å²) in [6.45, 7) is 6.92. The van der Waals surface area contributed by atoms with Crippen LogP contribution in [-0.4, -0.2) is 66.0 Å². The first-order valence-electron chi connectivity index (χ1n) is 7.95. The standard InChI is InChI=1S/C16H22BrN3O5/c1-16(2,3)25-15(23)20-8-6-19(7-9-20)13(21)10-18-14(22)11-4-5-12(17)24-11/h4-5H,6-10H2,1-3H3,(H,18,22). The monoisotopic (exact) mass is 415 g/mol. The van der Waals surface area contributed by atoms with Gasteiger partial charge in [-0.2, -0.15) is 0 Å². The first-order valence-corrected chi connectivity index (χ1v) is 8.74. The molecule has 0 atom stereocenters. The van der Waals surface area contributed by atoms with E-state index in [1.54, 1.807) is 15.9 Å². The van der Waals surface area contributed by atoms with E-state index < -0.39 is 11.5 Å². The van der Waals surface area contributed by atoms with Gasteiger partial charge in [-0.1, -0.05) is 0 Å². The van der Waals surface area contributed by atoms with Crippen molar-refractivity contribution in [3.63, 3.8) is 0 Å². The number of furan rings is 1. The molecule has 0 aliphatic carbocycles. The van der Waals surface area contributed by atoms with Crippen LogP contribution < -0.4 is 5.32 Å². The molecule has 1 aliphatic heterocycles. The van der Waals surface area contributed by atoms with E-state index in [0.717, 1.165) is 0 Å². The van der Waals surface area contributed by atoms with Crippen LogP contribution in [0.3, 0.4) is 0 Å². The van der Waals surface area contributed by atoms with E-state index in [-0.39, 0.29) is 24.3 Å². The van der Waals surface area contributed by atoms with E-state index in [4.69, 9.17) is 9.15 Å². The third-order valence-corrected chi connectivity index (χ3v) is 3.91. The fraction of sp³-hybridized carbons (Fsp3) is 0.562. The van der Waals surface area contributed by atoms with E-state index in [1.807, 2.05) is 20.8 Å². The zero-order valence-corrected chi connectivity index (χ0v) is 16.1. The minimum Gasteiger partial charge on any atom is -0.444 e. The maximum absolute atomic E-state index is 12.2. The third-order valence-electron chi connectivity index (χ3n) is 3.48. The first-order chi connectivity index (χ1) is 11.7. The Morgan fingerprint density at radius 3 is 2.28 bits per heavy atom. The molecule has 0 spiro atoms. The summed E-state index contributed by atoms with van der Waals surface area (Å²) >= 11 is 3.11. The van der Waals surface area contributed by atoms with Crippen LogP contribution in [0.15, 0.2) is 21.2 Å². The molecule has 2 rings (SSSR count). The molecule has 1 saturated heterocycles. The largest absolute Gasteiger partial charge is 0.444 e. The maximum Gasteiger partial charge on any atom is 0.410 e. The van der Waals surface area contributed by atoms with Gasteiger partial charge >= 0.3 is 6.09 Å². The van der Waals surface area contributed by atoms with Gasteiger partial charge in [0.2, 0.25) is 5.91 Å². The molecule has 9 heteroatoms. The number of nitrogens with one attached hydrogen (secondary N) is 1. The number of rotatable bonds is 3. The summed E-state index contributed by atoms with van der Waals surface area (Å²) < 4.78 is 10.9.